The molecule has 0 aliphatic carbocycles. The second-order valence-corrected chi connectivity index (χ2v) is 10.9. The number of hydrogen-bond acceptors (Lipinski definition) is 11. The molecule has 3 aliphatic heterocycles. The topological polar surface area (TPSA) is 314 Å². The highest BCUT2D eigenvalue weighted by Gasteiger charge is 2.31. The van der Waals surface area contributed by atoms with E-state index in [1.54, 1.807) is 6.07 Å². The van der Waals surface area contributed by atoms with Crippen molar-refractivity contribution in [3.05, 3.63) is 124 Å². The first-order chi connectivity index (χ1) is 25.1. The normalized spacial score (nSPS) is 12.4. The van der Waals surface area contributed by atoms with Crippen molar-refractivity contribution in [1.82, 2.24) is 19.7 Å². The number of nitriles is 1. The quantitative estimate of drug-likeness (QED) is 0.110. The molecular weight excluding hydrogens is 700 g/mol. The van der Waals surface area contributed by atoms with Gasteiger partial charge in [-0.15, -0.1) is 10.2 Å². The Morgan fingerprint density at radius 2 is 1.38 bits per heavy atom. The van der Waals surface area contributed by atoms with E-state index in [0.29, 0.717) is 9.69 Å². The first-order valence-electron chi connectivity index (χ1n) is 14.4. The van der Waals surface area contributed by atoms with Crippen molar-refractivity contribution in [2.24, 2.45) is 5.10 Å². The molecule has 2 aromatic carbocycles. The van der Waals surface area contributed by atoms with Crippen LogP contribution in [0.25, 0.3) is 34.1 Å². The van der Waals surface area contributed by atoms with Gasteiger partial charge in [-0.25, -0.2) is 24.0 Å². The molecule has 3 aromatic rings. The van der Waals surface area contributed by atoms with E-state index in [2.05, 4.69) is 25.0 Å². The molecule has 20 heteroatoms. The van der Waals surface area contributed by atoms with Gasteiger partial charge in [0.2, 0.25) is 5.69 Å². The summed E-state index contributed by atoms with van der Waals surface area (Å²) in [7, 11) is 0. The molecule has 1 aromatic heterocycles. The lowest BCUT2D eigenvalue weighted by Gasteiger charge is -2.13. The zero-order valence-corrected chi connectivity index (χ0v) is 26.0. The fourth-order valence-corrected chi connectivity index (χ4v) is 5.37. The first kappa shape index (κ1) is 34.2. The number of carboxylic acids is 4. The summed E-state index contributed by atoms with van der Waals surface area (Å²) in [6, 6.07) is 7.36. The van der Waals surface area contributed by atoms with E-state index in [4.69, 9.17) is 6.57 Å². The van der Waals surface area contributed by atoms with Gasteiger partial charge < -0.3 is 35.5 Å². The molecule has 0 saturated heterocycles. The van der Waals surface area contributed by atoms with E-state index in [-0.39, 0.29) is 33.8 Å². The number of carbonyl (C=O) groups is 5. The molecule has 0 spiro atoms. The number of hydrogen-bond donors (Lipinski definition) is 7. The van der Waals surface area contributed by atoms with Crippen LogP contribution in [0.4, 0.5) is 11.4 Å². The predicted molar refractivity (Wildman–Crippen MR) is 176 cm³/mol. The number of pyridine rings is 2. The molecule has 0 radical (unpaired) electrons. The zero-order chi connectivity index (χ0) is 38.5. The SMILES string of the molecule is [C-]#[N+]c1c(C=CC=c2c(C#N)c3c([nH]c2=O)=NN(c2cc(C(=O)O)cc(C(=O)O)c2)C3=O)c(O)[nH]c2nn(-c3cc(C(=O)O)cc(C(=O)O)c3)c(=O)c1-2. The van der Waals surface area contributed by atoms with Crippen LogP contribution in [0.15, 0.2) is 57.2 Å². The summed E-state index contributed by atoms with van der Waals surface area (Å²) in [5.41, 5.74) is -6.81. The maximum absolute atomic E-state index is 13.5. The van der Waals surface area contributed by atoms with Gasteiger partial charge in [0.05, 0.1) is 56.5 Å². The van der Waals surface area contributed by atoms with Crippen molar-refractivity contribution in [3.63, 3.8) is 0 Å². The van der Waals surface area contributed by atoms with Crippen molar-refractivity contribution in [2.45, 2.75) is 0 Å². The van der Waals surface area contributed by atoms with Gasteiger partial charge in [-0.2, -0.15) is 15.0 Å². The second kappa shape index (κ2) is 12.7. The summed E-state index contributed by atoms with van der Waals surface area (Å²) in [6.07, 6.45) is 3.24. The van der Waals surface area contributed by atoms with Crippen LogP contribution in [-0.4, -0.2) is 75.1 Å². The van der Waals surface area contributed by atoms with Crippen LogP contribution in [0.2, 0.25) is 0 Å². The lowest BCUT2D eigenvalue weighted by Crippen LogP contribution is -2.38. The molecule has 4 heterocycles. The minimum absolute atomic E-state index is 0.269. The van der Waals surface area contributed by atoms with Gasteiger partial charge in [0.1, 0.15) is 11.6 Å². The molecule has 53 heavy (non-hydrogen) atoms. The number of carbonyl (C=O) groups excluding carboxylic acids is 1. The lowest BCUT2D eigenvalue weighted by molar-refractivity contribution is 0.0676. The summed E-state index contributed by atoms with van der Waals surface area (Å²) in [5.74, 6) is -8.02. The maximum atomic E-state index is 13.5. The number of allylic oxidation sites excluding steroid dienone is 1. The Morgan fingerprint density at radius 3 is 1.89 bits per heavy atom. The van der Waals surface area contributed by atoms with Crippen LogP contribution in [0.5, 0.6) is 5.88 Å². The third kappa shape index (κ3) is 5.77. The number of fused-ring (bicyclic) bond motifs is 2. The van der Waals surface area contributed by atoms with Crippen molar-refractivity contribution < 1.29 is 49.5 Å². The highest BCUT2D eigenvalue weighted by atomic mass is 16.4. The van der Waals surface area contributed by atoms with Crippen LogP contribution < -0.4 is 26.8 Å². The molecule has 260 valence electrons. The third-order valence-corrected chi connectivity index (χ3v) is 7.73. The number of anilines is 1. The Labute approximate surface area is 291 Å². The van der Waals surface area contributed by atoms with E-state index in [1.165, 1.54) is 0 Å². The van der Waals surface area contributed by atoms with Crippen LogP contribution in [0.3, 0.4) is 0 Å². The minimum atomic E-state index is -1.50. The third-order valence-electron chi connectivity index (χ3n) is 7.73. The maximum Gasteiger partial charge on any atom is 0.335 e. The number of nitrogens with zero attached hydrogens (tertiary/aromatic N) is 6. The summed E-state index contributed by atoms with van der Waals surface area (Å²) in [4.78, 5) is 94.4. The summed E-state index contributed by atoms with van der Waals surface area (Å²) in [5, 5.41) is 66.6. The lowest BCUT2D eigenvalue weighted by atomic mass is 10.1. The van der Waals surface area contributed by atoms with Crippen LogP contribution >= 0.6 is 0 Å². The van der Waals surface area contributed by atoms with E-state index in [1.807, 2.05) is 0 Å². The van der Waals surface area contributed by atoms with Gasteiger partial charge in [-0.1, -0.05) is 12.2 Å². The summed E-state index contributed by atoms with van der Waals surface area (Å²) < 4.78 is 0.642. The highest BCUT2D eigenvalue weighted by Crippen LogP contribution is 2.37. The van der Waals surface area contributed by atoms with Crippen LogP contribution in [0, 0.1) is 17.9 Å². The fourth-order valence-electron chi connectivity index (χ4n) is 5.37. The predicted octanol–water partition coefficient (Wildman–Crippen LogP) is 0.963. The molecule has 0 saturated carbocycles. The molecule has 3 aliphatic rings. The van der Waals surface area contributed by atoms with Gasteiger partial charge in [-0.3, -0.25) is 14.4 Å². The smallest absolute Gasteiger partial charge is 0.335 e. The Hall–Kier alpha value is -8.65. The van der Waals surface area contributed by atoms with Gasteiger partial charge in [0, 0.05) is 5.56 Å². The number of aromatic hydroxyl groups is 1. The summed E-state index contributed by atoms with van der Waals surface area (Å²) in [6.45, 7) is 7.73. The molecule has 1 amide bonds. The Balaban J connectivity index is 1.44. The number of rotatable bonds is 8. The monoisotopic (exact) mass is 716 g/mol. The van der Waals surface area contributed by atoms with Crippen LogP contribution in [0.1, 0.15) is 62.9 Å². The van der Waals surface area contributed by atoms with Crippen molar-refractivity contribution in [1.29, 1.82) is 5.26 Å². The Kier molecular flexibility index (Phi) is 8.18. The van der Waals surface area contributed by atoms with Gasteiger partial charge in [0.15, 0.2) is 17.2 Å². The molecule has 6 rings (SSSR count). The van der Waals surface area contributed by atoms with Crippen molar-refractivity contribution >= 4 is 53.3 Å². The van der Waals surface area contributed by atoms with E-state index < -0.39 is 91.1 Å². The largest absolute Gasteiger partial charge is 0.495 e. The Bertz CT molecular complexity index is 2800. The molecule has 0 unspecified atom stereocenters. The van der Waals surface area contributed by atoms with E-state index >= 15 is 0 Å². The number of benzene rings is 2. The van der Waals surface area contributed by atoms with Gasteiger partial charge >= 0.3 is 23.9 Å². The van der Waals surface area contributed by atoms with Gasteiger partial charge in [-0.05, 0) is 42.5 Å². The number of H-pyrrole nitrogens is 2. The molecule has 20 nitrogen and oxygen atoms in total. The first-order valence-corrected chi connectivity index (χ1v) is 14.4. The standard InChI is InChI=1S/C33H16N8O12/c1-35-23-19(27(43)37-25-22(23)29(45)41(39-25)17-9-14(32(50)51)6-15(10-17)33(52)53)4-2-3-18-20(11-34)21-24(36-26(18)42)38-40(28(21)44)16-7-12(30(46)47)5-13(8-16)31(48)49/h2-10H,(H,46,47)(H,48,49)(H,50,51)(H,52,53)(H,36,38,42)(H2,37,39,43). The van der Waals surface area contributed by atoms with Crippen LogP contribution in [-0.2, 0) is 0 Å². The fraction of sp³-hybridized carbons (Fsp3) is 0. The number of carboxylic acid groups (broad SMARTS) is 4. The van der Waals surface area contributed by atoms with E-state index in [9.17, 15) is 64.4 Å². The van der Waals surface area contributed by atoms with Crippen molar-refractivity contribution in [2.75, 3.05) is 5.01 Å². The zero-order valence-electron chi connectivity index (χ0n) is 26.0. The van der Waals surface area contributed by atoms with Crippen molar-refractivity contribution in [3.8, 4) is 29.0 Å². The number of nitrogens with one attached hydrogen (secondary N) is 2. The second-order valence-electron chi connectivity index (χ2n) is 10.9. The molecule has 0 atom stereocenters. The Morgan fingerprint density at radius 1 is 0.830 bits per heavy atom. The molecular formula is C33H16N8O12. The average molecular weight is 717 g/mol. The van der Waals surface area contributed by atoms with E-state index in [0.717, 1.165) is 54.6 Å². The average Bonchev–Trinajstić information content (AvgIpc) is 3.62. The summed E-state index contributed by atoms with van der Waals surface area (Å²) >= 11 is 0. The highest BCUT2D eigenvalue weighted by molar-refractivity contribution is 6.09. The molecule has 0 bridgehead atoms. The number of aromatic nitrogens is 4. The molecule has 0 fully saturated rings. The number of aromatic carboxylic acids is 4. The number of amides is 1. The minimum Gasteiger partial charge on any atom is -0.495 e. The van der Waals surface area contributed by atoms with Gasteiger partial charge in [0.25, 0.3) is 17.0 Å². The molecule has 7 N–H and O–H groups in total. The number of aromatic amines is 2.